The van der Waals surface area contributed by atoms with Crippen molar-refractivity contribution < 1.29 is 14.5 Å². The normalized spacial score (nSPS) is 15.2. The Morgan fingerprint density at radius 2 is 1.83 bits per heavy atom. The molecule has 1 aromatic heterocycles. The van der Waals surface area contributed by atoms with E-state index in [4.69, 9.17) is 0 Å². The van der Waals surface area contributed by atoms with E-state index in [1.54, 1.807) is 6.07 Å². The number of nitrogens with zero attached hydrogens (tertiary/aromatic N) is 1. The lowest BCUT2D eigenvalue weighted by Gasteiger charge is -2.32. The molecule has 0 spiro atoms. The molecule has 0 saturated carbocycles. The highest BCUT2D eigenvalue weighted by molar-refractivity contribution is 7.12. The smallest absolute Gasteiger partial charge is 0.261 e. The first-order valence-corrected chi connectivity index (χ1v) is 9.07. The summed E-state index contributed by atoms with van der Waals surface area (Å²) in [4.78, 5) is 28.1. The van der Waals surface area contributed by atoms with Crippen molar-refractivity contribution in [3.63, 3.8) is 0 Å². The first kappa shape index (κ1) is 16.7. The predicted molar refractivity (Wildman–Crippen MR) is 94.1 cm³/mol. The van der Waals surface area contributed by atoms with E-state index in [9.17, 15) is 9.59 Å². The van der Waals surface area contributed by atoms with Crippen molar-refractivity contribution in [1.29, 1.82) is 0 Å². The Hall–Kier alpha value is -2.18. The Morgan fingerprint density at radius 1 is 1.08 bits per heavy atom. The zero-order valence-corrected chi connectivity index (χ0v) is 14.3. The monoisotopic (exact) mass is 344 g/mol. The molecule has 126 valence electrons. The first-order chi connectivity index (χ1) is 11.7. The Balaban J connectivity index is 1.41. The predicted octanol–water partition coefficient (Wildman–Crippen LogP) is 0.405. The van der Waals surface area contributed by atoms with Crippen molar-refractivity contribution in [2.24, 2.45) is 0 Å². The number of quaternary nitrogens is 1. The van der Waals surface area contributed by atoms with E-state index in [1.165, 1.54) is 21.8 Å². The second kappa shape index (κ2) is 8.08. The third kappa shape index (κ3) is 4.43. The summed E-state index contributed by atoms with van der Waals surface area (Å²) in [5, 5.41) is 4.56. The Kier molecular flexibility index (Phi) is 5.61. The van der Waals surface area contributed by atoms with Crippen LogP contribution in [0.15, 0.2) is 47.8 Å². The number of amides is 2. The van der Waals surface area contributed by atoms with Crippen LogP contribution in [0.2, 0.25) is 0 Å². The first-order valence-electron chi connectivity index (χ1n) is 8.19. The van der Waals surface area contributed by atoms with E-state index in [-0.39, 0.29) is 18.4 Å². The minimum absolute atomic E-state index is 0.00123. The van der Waals surface area contributed by atoms with Crippen molar-refractivity contribution in [1.82, 2.24) is 10.2 Å². The summed E-state index contributed by atoms with van der Waals surface area (Å²) in [5.74, 6) is -0.176. The van der Waals surface area contributed by atoms with Gasteiger partial charge in [-0.25, -0.2) is 0 Å². The fourth-order valence-electron chi connectivity index (χ4n) is 2.90. The van der Waals surface area contributed by atoms with Crippen LogP contribution in [-0.2, 0) is 11.3 Å². The van der Waals surface area contributed by atoms with Gasteiger partial charge < -0.3 is 15.1 Å². The van der Waals surface area contributed by atoms with Crippen LogP contribution in [0.4, 0.5) is 0 Å². The maximum Gasteiger partial charge on any atom is 0.261 e. The van der Waals surface area contributed by atoms with Gasteiger partial charge in [-0.15, -0.1) is 11.3 Å². The Bertz CT molecular complexity index is 665. The van der Waals surface area contributed by atoms with Gasteiger partial charge in [0.25, 0.3) is 5.91 Å². The number of piperazine rings is 1. The van der Waals surface area contributed by atoms with Crippen LogP contribution in [0.3, 0.4) is 0 Å². The molecule has 2 amide bonds. The highest BCUT2D eigenvalue weighted by atomic mass is 32.1. The van der Waals surface area contributed by atoms with Gasteiger partial charge >= 0.3 is 0 Å². The summed E-state index contributed by atoms with van der Waals surface area (Å²) in [7, 11) is 0. The van der Waals surface area contributed by atoms with Crippen molar-refractivity contribution in [3.05, 3.63) is 58.3 Å². The van der Waals surface area contributed by atoms with Gasteiger partial charge in [0.15, 0.2) is 0 Å². The van der Waals surface area contributed by atoms with Gasteiger partial charge in [-0.2, -0.15) is 0 Å². The molecule has 6 heteroatoms. The molecule has 1 fully saturated rings. The van der Waals surface area contributed by atoms with Gasteiger partial charge in [-0.3, -0.25) is 9.59 Å². The zero-order chi connectivity index (χ0) is 16.8. The number of nitrogens with one attached hydrogen (secondary N) is 2. The zero-order valence-electron chi connectivity index (χ0n) is 13.5. The van der Waals surface area contributed by atoms with E-state index in [0.29, 0.717) is 4.88 Å². The molecule has 2 N–H and O–H groups in total. The molecular weight excluding hydrogens is 322 g/mol. The van der Waals surface area contributed by atoms with Crippen LogP contribution < -0.4 is 10.2 Å². The third-order valence-corrected chi connectivity index (χ3v) is 5.13. The topological polar surface area (TPSA) is 53.9 Å². The summed E-state index contributed by atoms with van der Waals surface area (Å²) >= 11 is 1.38. The van der Waals surface area contributed by atoms with Gasteiger partial charge in [-0.1, -0.05) is 36.4 Å². The summed E-state index contributed by atoms with van der Waals surface area (Å²) in [6.07, 6.45) is 0. The lowest BCUT2D eigenvalue weighted by molar-refractivity contribution is -0.917. The molecule has 0 aliphatic carbocycles. The quantitative estimate of drug-likeness (QED) is 0.825. The second-order valence-electron chi connectivity index (χ2n) is 5.95. The fourth-order valence-corrected chi connectivity index (χ4v) is 3.54. The van der Waals surface area contributed by atoms with Gasteiger partial charge in [-0.05, 0) is 11.4 Å². The van der Waals surface area contributed by atoms with Crippen molar-refractivity contribution >= 4 is 23.2 Å². The highest BCUT2D eigenvalue weighted by Crippen LogP contribution is 2.07. The number of hydrogen-bond donors (Lipinski definition) is 2. The third-order valence-electron chi connectivity index (χ3n) is 4.27. The molecule has 0 radical (unpaired) electrons. The van der Waals surface area contributed by atoms with Gasteiger partial charge in [0, 0.05) is 5.56 Å². The van der Waals surface area contributed by atoms with Crippen LogP contribution in [0.5, 0.6) is 0 Å². The van der Waals surface area contributed by atoms with E-state index < -0.39 is 0 Å². The van der Waals surface area contributed by atoms with Crippen LogP contribution >= 0.6 is 11.3 Å². The molecule has 0 unspecified atom stereocenters. The number of carbonyl (C=O) groups excluding carboxylic acids is 2. The average molecular weight is 344 g/mol. The van der Waals surface area contributed by atoms with Gasteiger partial charge in [0.1, 0.15) is 6.54 Å². The van der Waals surface area contributed by atoms with Crippen molar-refractivity contribution in [3.8, 4) is 0 Å². The molecule has 1 saturated heterocycles. The number of thiophene rings is 1. The highest BCUT2D eigenvalue weighted by Gasteiger charge is 2.23. The van der Waals surface area contributed by atoms with Crippen molar-refractivity contribution in [2.45, 2.75) is 6.54 Å². The molecule has 1 aliphatic rings. The molecule has 1 aliphatic heterocycles. The maximum atomic E-state index is 12.2. The SMILES string of the molecule is O=C(NCC(=O)N1CC[NH+](Cc2ccccc2)CC1)c1cccs1. The molecule has 0 bridgehead atoms. The lowest BCUT2D eigenvalue weighted by atomic mass is 10.2. The standard InChI is InChI=1S/C18H21N3O2S/c22-17(13-19-18(23)16-7-4-12-24-16)21-10-8-20(9-11-21)14-15-5-2-1-3-6-15/h1-7,12H,8-11,13-14H2,(H,19,23)/p+1. The molecule has 24 heavy (non-hydrogen) atoms. The molecule has 2 heterocycles. The Labute approximate surface area is 145 Å². The second-order valence-corrected chi connectivity index (χ2v) is 6.90. The lowest BCUT2D eigenvalue weighted by Crippen LogP contribution is -3.13. The Morgan fingerprint density at radius 3 is 2.50 bits per heavy atom. The number of carbonyl (C=O) groups is 2. The van der Waals surface area contributed by atoms with E-state index in [1.807, 2.05) is 22.4 Å². The van der Waals surface area contributed by atoms with Gasteiger partial charge in [0.2, 0.25) is 5.91 Å². The van der Waals surface area contributed by atoms with Crippen LogP contribution in [0, 0.1) is 0 Å². The summed E-state index contributed by atoms with van der Waals surface area (Å²) in [6, 6.07) is 14.0. The number of hydrogen-bond acceptors (Lipinski definition) is 3. The number of rotatable bonds is 5. The fraction of sp³-hybridized carbons (Fsp3) is 0.333. The van der Waals surface area contributed by atoms with Crippen LogP contribution in [0.25, 0.3) is 0 Å². The molecule has 5 nitrogen and oxygen atoms in total. The van der Waals surface area contributed by atoms with E-state index in [0.717, 1.165) is 32.7 Å². The largest absolute Gasteiger partial charge is 0.342 e. The molecular formula is C18H22N3O2S+. The summed E-state index contributed by atoms with van der Waals surface area (Å²) in [6.45, 7) is 4.45. The molecule has 1 aromatic carbocycles. The maximum absolute atomic E-state index is 12.2. The molecule has 3 rings (SSSR count). The van der Waals surface area contributed by atoms with Crippen LogP contribution in [0.1, 0.15) is 15.2 Å². The van der Waals surface area contributed by atoms with E-state index in [2.05, 4.69) is 29.6 Å². The minimum Gasteiger partial charge on any atom is -0.342 e. The average Bonchev–Trinajstić information content (AvgIpc) is 3.16. The van der Waals surface area contributed by atoms with Crippen LogP contribution in [-0.4, -0.2) is 49.4 Å². The van der Waals surface area contributed by atoms with E-state index >= 15 is 0 Å². The number of benzene rings is 1. The molecule has 0 atom stereocenters. The van der Waals surface area contributed by atoms with Gasteiger partial charge in [0.05, 0.1) is 37.6 Å². The van der Waals surface area contributed by atoms with Crippen molar-refractivity contribution in [2.75, 3.05) is 32.7 Å². The minimum atomic E-state index is -0.174. The summed E-state index contributed by atoms with van der Waals surface area (Å²) in [5.41, 5.74) is 1.33. The summed E-state index contributed by atoms with van der Waals surface area (Å²) < 4.78 is 0. The molecule has 2 aromatic rings.